The number of halogens is 1. The summed E-state index contributed by atoms with van der Waals surface area (Å²) in [6.45, 7) is 1.75. The zero-order chi connectivity index (χ0) is 25.0. The molecule has 8 nitrogen and oxygen atoms in total. The van der Waals surface area contributed by atoms with E-state index < -0.39 is 17.4 Å². The number of imidazole rings is 1. The van der Waals surface area contributed by atoms with Crippen LogP contribution in [0, 0.1) is 5.82 Å². The number of aromatic amines is 1. The summed E-state index contributed by atoms with van der Waals surface area (Å²) in [7, 11) is 0. The lowest BCUT2D eigenvalue weighted by molar-refractivity contribution is -0.131. The van der Waals surface area contributed by atoms with Crippen molar-refractivity contribution in [3.8, 4) is 11.5 Å². The third-order valence-electron chi connectivity index (χ3n) is 5.61. The Morgan fingerprint density at radius 3 is 2.71 bits per heavy atom. The lowest BCUT2D eigenvalue weighted by atomic mass is 9.90. The standard InChI is InChI=1S/C26H23FN2O6/c1-2-26(33,25-28-6-7-29-25)18-10-19(27)12-20(11-18)35-14-16-3-4-21(23(30)9-16)22(13-24(31)32)17-5-8-34-15-17/h3-13,15,30,33H,2,14H2,1H3,(H,28,29)(H,31,32)/b22-13-. The highest BCUT2D eigenvalue weighted by Crippen LogP contribution is 2.34. The van der Waals surface area contributed by atoms with Crippen molar-refractivity contribution in [3.63, 3.8) is 0 Å². The molecule has 1 unspecified atom stereocenters. The van der Waals surface area contributed by atoms with Crippen LogP contribution in [-0.4, -0.2) is 31.3 Å². The highest BCUT2D eigenvalue weighted by Gasteiger charge is 2.33. The number of phenols is 1. The van der Waals surface area contributed by atoms with Crippen LogP contribution < -0.4 is 4.74 Å². The molecule has 0 saturated carbocycles. The number of aliphatic carboxylic acids is 1. The highest BCUT2D eigenvalue weighted by atomic mass is 19.1. The Hall–Kier alpha value is -4.37. The van der Waals surface area contributed by atoms with E-state index in [2.05, 4.69) is 9.97 Å². The lowest BCUT2D eigenvalue weighted by Crippen LogP contribution is -2.28. The number of aliphatic hydroxyl groups is 1. The van der Waals surface area contributed by atoms with Gasteiger partial charge in [0.25, 0.3) is 0 Å². The molecule has 180 valence electrons. The van der Waals surface area contributed by atoms with Crippen LogP contribution in [0.15, 0.2) is 77.9 Å². The molecule has 0 saturated heterocycles. The van der Waals surface area contributed by atoms with E-state index in [0.717, 1.165) is 6.08 Å². The zero-order valence-electron chi connectivity index (χ0n) is 18.7. The fourth-order valence-corrected chi connectivity index (χ4v) is 3.80. The van der Waals surface area contributed by atoms with Gasteiger partial charge in [-0.1, -0.05) is 19.1 Å². The minimum absolute atomic E-state index is 0.00821. The summed E-state index contributed by atoms with van der Waals surface area (Å²) in [5.74, 6) is -1.43. The van der Waals surface area contributed by atoms with Crippen molar-refractivity contribution in [1.29, 1.82) is 0 Å². The number of ether oxygens (including phenoxy) is 1. The fraction of sp³-hybridized carbons (Fsp3) is 0.154. The number of nitrogens with one attached hydrogen (secondary N) is 1. The Bertz CT molecular complexity index is 1350. The molecular weight excluding hydrogens is 455 g/mol. The first-order chi connectivity index (χ1) is 16.8. The third kappa shape index (κ3) is 5.10. The molecule has 35 heavy (non-hydrogen) atoms. The predicted molar refractivity (Wildman–Crippen MR) is 124 cm³/mol. The number of furan rings is 1. The maximum absolute atomic E-state index is 14.4. The number of benzene rings is 2. The van der Waals surface area contributed by atoms with E-state index in [1.165, 1.54) is 43.0 Å². The van der Waals surface area contributed by atoms with Gasteiger partial charge >= 0.3 is 5.97 Å². The number of carboxylic acid groups (broad SMARTS) is 1. The molecular formula is C26H23FN2O6. The van der Waals surface area contributed by atoms with E-state index in [1.54, 1.807) is 31.3 Å². The smallest absolute Gasteiger partial charge is 0.328 e. The van der Waals surface area contributed by atoms with Gasteiger partial charge in [0.05, 0.1) is 12.5 Å². The van der Waals surface area contributed by atoms with Crippen molar-refractivity contribution in [2.24, 2.45) is 0 Å². The minimum Gasteiger partial charge on any atom is -0.507 e. The summed E-state index contributed by atoms with van der Waals surface area (Å²) in [6, 6.07) is 10.2. The van der Waals surface area contributed by atoms with E-state index in [4.69, 9.17) is 9.15 Å². The van der Waals surface area contributed by atoms with Gasteiger partial charge in [0, 0.05) is 41.2 Å². The van der Waals surface area contributed by atoms with Gasteiger partial charge in [-0.05, 0) is 41.8 Å². The molecule has 0 aliphatic rings. The molecule has 2 aromatic heterocycles. The van der Waals surface area contributed by atoms with Crippen LogP contribution in [-0.2, 0) is 17.0 Å². The number of nitrogens with zero attached hydrogens (tertiary/aromatic N) is 1. The first-order valence-electron chi connectivity index (χ1n) is 10.8. The monoisotopic (exact) mass is 478 g/mol. The summed E-state index contributed by atoms with van der Waals surface area (Å²) in [4.78, 5) is 18.3. The molecule has 0 aliphatic carbocycles. The van der Waals surface area contributed by atoms with Crippen LogP contribution in [0.4, 0.5) is 4.39 Å². The van der Waals surface area contributed by atoms with E-state index in [-0.39, 0.29) is 35.7 Å². The van der Waals surface area contributed by atoms with Crippen molar-refractivity contribution in [1.82, 2.24) is 9.97 Å². The molecule has 0 fully saturated rings. The Morgan fingerprint density at radius 2 is 2.09 bits per heavy atom. The first kappa shape index (κ1) is 23.8. The number of aromatic nitrogens is 2. The van der Waals surface area contributed by atoms with Gasteiger partial charge in [-0.25, -0.2) is 14.2 Å². The minimum atomic E-state index is -1.52. The van der Waals surface area contributed by atoms with Crippen LogP contribution in [0.1, 0.15) is 41.4 Å². The average molecular weight is 478 g/mol. The molecule has 4 N–H and O–H groups in total. The van der Waals surface area contributed by atoms with E-state index >= 15 is 0 Å². The van der Waals surface area contributed by atoms with Gasteiger partial charge in [-0.15, -0.1) is 0 Å². The third-order valence-corrected chi connectivity index (χ3v) is 5.61. The quantitative estimate of drug-likeness (QED) is 0.259. The fourth-order valence-electron chi connectivity index (χ4n) is 3.80. The Kier molecular flexibility index (Phi) is 6.70. The molecule has 9 heteroatoms. The summed E-state index contributed by atoms with van der Waals surface area (Å²) < 4.78 is 25.2. The van der Waals surface area contributed by atoms with E-state index in [1.807, 2.05) is 0 Å². The normalized spacial score (nSPS) is 13.4. The molecule has 0 spiro atoms. The second-order valence-corrected chi connectivity index (χ2v) is 7.88. The number of carbonyl (C=O) groups is 1. The number of aromatic hydroxyl groups is 1. The van der Waals surface area contributed by atoms with Crippen molar-refractivity contribution < 1.29 is 33.7 Å². The van der Waals surface area contributed by atoms with Gasteiger partial charge < -0.3 is 29.5 Å². The molecule has 0 amide bonds. The predicted octanol–water partition coefficient (Wildman–Crippen LogP) is 4.59. The number of phenolic OH excluding ortho intramolecular Hbond substituents is 1. The van der Waals surface area contributed by atoms with E-state index in [9.17, 15) is 24.5 Å². The summed E-state index contributed by atoms with van der Waals surface area (Å²) in [6.07, 6.45) is 7.11. The molecule has 0 radical (unpaired) electrons. The van der Waals surface area contributed by atoms with Crippen LogP contribution in [0.3, 0.4) is 0 Å². The number of carboxylic acids is 1. The van der Waals surface area contributed by atoms with Crippen LogP contribution >= 0.6 is 0 Å². The SMILES string of the molecule is CCC(O)(c1cc(F)cc(OCc2ccc(/C(=C\C(=O)O)c3ccoc3)c(O)c2)c1)c1ncc[nH]1. The zero-order valence-corrected chi connectivity index (χ0v) is 18.7. The van der Waals surface area contributed by atoms with Crippen molar-refractivity contribution >= 4 is 11.5 Å². The largest absolute Gasteiger partial charge is 0.507 e. The Balaban J connectivity index is 1.57. The first-order valence-corrected chi connectivity index (χ1v) is 10.8. The van der Waals surface area contributed by atoms with E-state index in [0.29, 0.717) is 22.5 Å². The van der Waals surface area contributed by atoms with Crippen molar-refractivity contribution in [3.05, 3.63) is 107 Å². The molecule has 2 heterocycles. The second kappa shape index (κ2) is 9.86. The lowest BCUT2D eigenvalue weighted by Gasteiger charge is -2.25. The number of hydrogen-bond acceptors (Lipinski definition) is 6. The maximum Gasteiger partial charge on any atom is 0.328 e. The number of hydrogen-bond donors (Lipinski definition) is 4. The second-order valence-electron chi connectivity index (χ2n) is 7.88. The topological polar surface area (TPSA) is 129 Å². The van der Waals surface area contributed by atoms with Crippen molar-refractivity contribution in [2.45, 2.75) is 25.6 Å². The molecule has 1 atom stereocenters. The van der Waals surface area contributed by atoms with Gasteiger partial charge in [-0.2, -0.15) is 0 Å². The van der Waals surface area contributed by atoms with Gasteiger partial charge in [0.2, 0.25) is 0 Å². The Labute approximate surface area is 200 Å². The van der Waals surface area contributed by atoms with Crippen LogP contribution in [0.2, 0.25) is 0 Å². The van der Waals surface area contributed by atoms with Gasteiger partial charge in [0.1, 0.15) is 35.3 Å². The summed E-state index contributed by atoms with van der Waals surface area (Å²) >= 11 is 0. The molecule has 2 aromatic carbocycles. The highest BCUT2D eigenvalue weighted by molar-refractivity contribution is 5.96. The molecule has 4 aromatic rings. The summed E-state index contributed by atoms with van der Waals surface area (Å²) in [5.41, 5.74) is 0.407. The van der Waals surface area contributed by atoms with Gasteiger partial charge in [-0.3, -0.25) is 0 Å². The van der Waals surface area contributed by atoms with Crippen molar-refractivity contribution in [2.75, 3.05) is 0 Å². The molecule has 4 rings (SSSR count). The summed E-state index contributed by atoms with van der Waals surface area (Å²) in [5, 5.41) is 30.9. The number of H-pyrrole nitrogens is 1. The average Bonchev–Trinajstić information content (AvgIpc) is 3.55. The molecule has 0 bridgehead atoms. The molecule has 0 aliphatic heterocycles. The van der Waals surface area contributed by atoms with Crippen LogP contribution in [0.25, 0.3) is 5.57 Å². The van der Waals surface area contributed by atoms with Gasteiger partial charge in [0.15, 0.2) is 0 Å². The maximum atomic E-state index is 14.4. The number of rotatable bonds is 9. The van der Waals surface area contributed by atoms with Crippen LogP contribution in [0.5, 0.6) is 11.5 Å². The Morgan fingerprint density at radius 1 is 1.26 bits per heavy atom.